The van der Waals surface area contributed by atoms with E-state index in [1.165, 1.54) is 17.7 Å². The number of ether oxygens (including phenoxy) is 2. The minimum atomic E-state index is 0.683. The first-order chi connectivity index (χ1) is 7.43. The maximum Gasteiger partial charge on any atom is 0.161 e. The van der Waals surface area contributed by atoms with Crippen LogP contribution in [0, 0.1) is 0 Å². The van der Waals surface area contributed by atoms with Crippen molar-refractivity contribution in [1.29, 1.82) is 0 Å². The van der Waals surface area contributed by atoms with E-state index in [-0.39, 0.29) is 0 Å². The topological polar surface area (TPSA) is 18.5 Å². The Morgan fingerprint density at radius 2 is 1.93 bits per heavy atom. The Bertz CT molecular complexity index is 361. The Labute approximate surface area is 94.0 Å². The summed E-state index contributed by atoms with van der Waals surface area (Å²) in [6.45, 7) is 1.54. The quantitative estimate of drug-likeness (QED) is 0.727. The molecule has 1 aromatic carbocycles. The number of benzene rings is 1. The van der Waals surface area contributed by atoms with E-state index in [1.807, 2.05) is 11.8 Å². The fourth-order valence-electron chi connectivity index (χ4n) is 1.88. The van der Waals surface area contributed by atoms with Crippen molar-refractivity contribution in [2.45, 2.75) is 18.1 Å². The molecule has 3 rings (SSSR count). The molecule has 1 atom stereocenters. The standard InChI is InChI=1S/C12H14O2S/c1-5-13-10-3-2-9(12-4-7-15-12)8-11(10)14-6-1/h2-3,8,12H,1,4-7H2. The molecule has 2 nitrogen and oxygen atoms in total. The van der Waals surface area contributed by atoms with E-state index in [4.69, 9.17) is 9.47 Å². The molecule has 2 aliphatic heterocycles. The van der Waals surface area contributed by atoms with Crippen molar-refractivity contribution in [2.75, 3.05) is 19.0 Å². The van der Waals surface area contributed by atoms with Crippen LogP contribution in [0.15, 0.2) is 18.2 Å². The summed E-state index contributed by atoms with van der Waals surface area (Å²) in [5.74, 6) is 3.12. The molecule has 2 aliphatic rings. The molecule has 3 heteroatoms. The van der Waals surface area contributed by atoms with E-state index < -0.39 is 0 Å². The number of hydrogen-bond donors (Lipinski definition) is 0. The summed E-state index contributed by atoms with van der Waals surface area (Å²) in [6, 6.07) is 6.37. The molecule has 1 fully saturated rings. The molecule has 80 valence electrons. The molecule has 0 N–H and O–H groups in total. The zero-order valence-electron chi connectivity index (χ0n) is 8.57. The molecule has 0 spiro atoms. The molecule has 1 aromatic rings. The molecule has 1 unspecified atom stereocenters. The lowest BCUT2D eigenvalue weighted by molar-refractivity contribution is 0.297. The van der Waals surface area contributed by atoms with Gasteiger partial charge in [0, 0.05) is 11.7 Å². The van der Waals surface area contributed by atoms with Gasteiger partial charge < -0.3 is 9.47 Å². The largest absolute Gasteiger partial charge is 0.490 e. The van der Waals surface area contributed by atoms with Gasteiger partial charge in [-0.05, 0) is 29.9 Å². The van der Waals surface area contributed by atoms with Crippen molar-refractivity contribution in [3.8, 4) is 11.5 Å². The van der Waals surface area contributed by atoms with Crippen LogP contribution in [0.5, 0.6) is 11.5 Å². The second-order valence-electron chi connectivity index (χ2n) is 3.90. The summed E-state index contributed by atoms with van der Waals surface area (Å²) in [5.41, 5.74) is 1.38. The Morgan fingerprint density at radius 1 is 1.13 bits per heavy atom. The first-order valence-electron chi connectivity index (χ1n) is 5.44. The fourth-order valence-corrected chi connectivity index (χ4v) is 2.69. The van der Waals surface area contributed by atoms with E-state index in [9.17, 15) is 0 Å². The lowest BCUT2D eigenvalue weighted by atomic mass is 10.1. The molecule has 0 saturated carbocycles. The minimum Gasteiger partial charge on any atom is -0.490 e. The van der Waals surface area contributed by atoms with Crippen LogP contribution in [0.4, 0.5) is 0 Å². The SMILES string of the molecule is c1cc2c(cc1C1CCS1)OCCCO2. The zero-order chi connectivity index (χ0) is 10.1. The second kappa shape index (κ2) is 3.97. The summed E-state index contributed by atoms with van der Waals surface area (Å²) in [5, 5.41) is 0.683. The van der Waals surface area contributed by atoms with E-state index in [0.717, 1.165) is 31.1 Å². The monoisotopic (exact) mass is 222 g/mol. The highest BCUT2D eigenvalue weighted by atomic mass is 32.2. The molecule has 1 saturated heterocycles. The Kier molecular flexibility index (Phi) is 2.49. The van der Waals surface area contributed by atoms with Crippen molar-refractivity contribution in [1.82, 2.24) is 0 Å². The Balaban J connectivity index is 1.89. The van der Waals surface area contributed by atoms with Crippen molar-refractivity contribution in [3.63, 3.8) is 0 Å². The summed E-state index contributed by atoms with van der Waals surface area (Å²) in [4.78, 5) is 0. The van der Waals surface area contributed by atoms with Gasteiger partial charge in [0.1, 0.15) is 0 Å². The normalized spacial score (nSPS) is 24.1. The number of fused-ring (bicyclic) bond motifs is 1. The molecule has 0 aromatic heterocycles. The molecule has 0 amide bonds. The van der Waals surface area contributed by atoms with E-state index >= 15 is 0 Å². The van der Waals surface area contributed by atoms with Crippen molar-refractivity contribution < 1.29 is 9.47 Å². The van der Waals surface area contributed by atoms with E-state index in [2.05, 4.69) is 18.2 Å². The first-order valence-corrected chi connectivity index (χ1v) is 6.49. The van der Waals surface area contributed by atoms with Crippen LogP contribution in [-0.4, -0.2) is 19.0 Å². The highest BCUT2D eigenvalue weighted by Crippen LogP contribution is 2.44. The minimum absolute atomic E-state index is 0.683. The lowest BCUT2D eigenvalue weighted by Gasteiger charge is -2.25. The average Bonchev–Trinajstić information content (AvgIpc) is 2.39. The van der Waals surface area contributed by atoms with Gasteiger partial charge in [0.05, 0.1) is 13.2 Å². The predicted octanol–water partition coefficient (Wildman–Crippen LogP) is 3.03. The van der Waals surface area contributed by atoms with Gasteiger partial charge in [-0.15, -0.1) is 0 Å². The fraction of sp³-hybridized carbons (Fsp3) is 0.500. The van der Waals surface area contributed by atoms with Gasteiger partial charge in [0.2, 0.25) is 0 Å². The summed E-state index contributed by atoms with van der Waals surface area (Å²) >= 11 is 2.02. The van der Waals surface area contributed by atoms with E-state index in [1.54, 1.807) is 0 Å². The van der Waals surface area contributed by atoms with E-state index in [0.29, 0.717) is 5.25 Å². The highest BCUT2D eigenvalue weighted by Gasteiger charge is 2.22. The van der Waals surface area contributed by atoms with Crippen LogP contribution in [0.3, 0.4) is 0 Å². The average molecular weight is 222 g/mol. The van der Waals surface area contributed by atoms with Gasteiger partial charge >= 0.3 is 0 Å². The van der Waals surface area contributed by atoms with Gasteiger partial charge in [0.15, 0.2) is 11.5 Å². The van der Waals surface area contributed by atoms with Gasteiger partial charge in [-0.2, -0.15) is 11.8 Å². The van der Waals surface area contributed by atoms with Crippen molar-refractivity contribution in [3.05, 3.63) is 23.8 Å². The maximum atomic E-state index is 5.67. The van der Waals surface area contributed by atoms with Gasteiger partial charge in [0.25, 0.3) is 0 Å². The molecular weight excluding hydrogens is 208 g/mol. The molecule has 0 bridgehead atoms. The third-order valence-corrected chi connectivity index (χ3v) is 4.22. The molecule has 2 heterocycles. The van der Waals surface area contributed by atoms with Gasteiger partial charge in [-0.3, -0.25) is 0 Å². The van der Waals surface area contributed by atoms with Crippen LogP contribution < -0.4 is 9.47 Å². The zero-order valence-corrected chi connectivity index (χ0v) is 9.39. The van der Waals surface area contributed by atoms with Crippen LogP contribution in [0.2, 0.25) is 0 Å². The van der Waals surface area contributed by atoms with Crippen LogP contribution in [-0.2, 0) is 0 Å². The highest BCUT2D eigenvalue weighted by molar-refractivity contribution is 8.00. The number of rotatable bonds is 1. The third-order valence-electron chi connectivity index (χ3n) is 2.84. The molecule has 0 radical (unpaired) electrons. The predicted molar refractivity (Wildman–Crippen MR) is 61.9 cm³/mol. The smallest absolute Gasteiger partial charge is 0.161 e. The molecule has 15 heavy (non-hydrogen) atoms. The van der Waals surface area contributed by atoms with Crippen LogP contribution in [0.25, 0.3) is 0 Å². The molecular formula is C12H14O2S. The lowest BCUT2D eigenvalue weighted by Crippen LogP contribution is -2.07. The maximum absolute atomic E-state index is 5.67. The van der Waals surface area contributed by atoms with Crippen LogP contribution >= 0.6 is 11.8 Å². The van der Waals surface area contributed by atoms with Crippen LogP contribution in [0.1, 0.15) is 23.7 Å². The van der Waals surface area contributed by atoms with Crippen molar-refractivity contribution in [2.24, 2.45) is 0 Å². The van der Waals surface area contributed by atoms with Gasteiger partial charge in [-0.25, -0.2) is 0 Å². The Hall–Kier alpha value is -0.830. The second-order valence-corrected chi connectivity index (χ2v) is 5.22. The summed E-state index contributed by atoms with van der Waals surface area (Å²) < 4.78 is 11.3. The van der Waals surface area contributed by atoms with Gasteiger partial charge in [-0.1, -0.05) is 6.07 Å². The summed E-state index contributed by atoms with van der Waals surface area (Å²) in [7, 11) is 0. The Morgan fingerprint density at radius 3 is 2.67 bits per heavy atom. The first kappa shape index (κ1) is 9.40. The number of thioether (sulfide) groups is 1. The summed E-state index contributed by atoms with van der Waals surface area (Å²) in [6.07, 6.45) is 2.27. The third kappa shape index (κ3) is 1.81. The number of hydrogen-bond acceptors (Lipinski definition) is 3. The van der Waals surface area contributed by atoms with Crippen molar-refractivity contribution >= 4 is 11.8 Å². The molecule has 0 aliphatic carbocycles.